The molecule has 0 bridgehead atoms. The highest BCUT2D eigenvalue weighted by molar-refractivity contribution is 5.73. The molecule has 18 heavy (non-hydrogen) atoms. The van der Waals surface area contributed by atoms with Crippen molar-refractivity contribution in [2.24, 2.45) is 0 Å². The number of aryl methyl sites for hydroxylation is 2. The van der Waals surface area contributed by atoms with Crippen molar-refractivity contribution < 1.29 is 9.90 Å². The van der Waals surface area contributed by atoms with Crippen LogP contribution in [-0.2, 0) is 6.42 Å². The van der Waals surface area contributed by atoms with E-state index < -0.39 is 0 Å². The molecule has 0 aliphatic carbocycles. The van der Waals surface area contributed by atoms with E-state index >= 15 is 0 Å². The molecule has 0 fully saturated rings. The maximum Gasteiger partial charge on any atom is 0.317 e. The molecule has 0 aliphatic heterocycles. The minimum Gasteiger partial charge on any atom is -0.395 e. The van der Waals surface area contributed by atoms with Crippen LogP contribution in [0.2, 0.25) is 0 Å². The minimum absolute atomic E-state index is 0.0129. The summed E-state index contributed by atoms with van der Waals surface area (Å²) >= 11 is 0. The smallest absolute Gasteiger partial charge is 0.317 e. The number of rotatable bonds is 5. The topological polar surface area (TPSA) is 52.6 Å². The Morgan fingerprint density at radius 3 is 2.72 bits per heavy atom. The number of hydrogen-bond acceptors (Lipinski definition) is 2. The van der Waals surface area contributed by atoms with E-state index in [-0.39, 0.29) is 12.6 Å². The van der Waals surface area contributed by atoms with E-state index in [1.54, 1.807) is 7.05 Å². The summed E-state index contributed by atoms with van der Waals surface area (Å²) in [6.07, 6.45) is 0.824. The van der Waals surface area contributed by atoms with Crippen molar-refractivity contribution in [1.29, 1.82) is 0 Å². The summed E-state index contributed by atoms with van der Waals surface area (Å²) in [7, 11) is 1.67. The van der Waals surface area contributed by atoms with Crippen LogP contribution in [0, 0.1) is 13.8 Å². The van der Waals surface area contributed by atoms with Gasteiger partial charge in [-0.15, -0.1) is 0 Å². The number of nitrogens with one attached hydrogen (secondary N) is 1. The molecule has 0 radical (unpaired) electrons. The van der Waals surface area contributed by atoms with E-state index in [2.05, 4.69) is 37.4 Å². The van der Waals surface area contributed by atoms with Gasteiger partial charge in [0.1, 0.15) is 0 Å². The second-order valence-electron chi connectivity index (χ2n) is 4.56. The van der Waals surface area contributed by atoms with Gasteiger partial charge in [-0.25, -0.2) is 4.79 Å². The van der Waals surface area contributed by atoms with Crippen LogP contribution in [-0.4, -0.2) is 42.8 Å². The van der Waals surface area contributed by atoms with Gasteiger partial charge in [0.05, 0.1) is 6.61 Å². The summed E-state index contributed by atoms with van der Waals surface area (Å²) in [5.74, 6) is 0. The standard InChI is InChI=1S/C14H22N2O2/c1-11-4-5-13(12(2)10-11)6-7-15-14(18)16(3)8-9-17/h4-5,10,17H,6-9H2,1-3H3,(H,15,18). The number of amides is 2. The molecule has 4 heteroatoms. The van der Waals surface area contributed by atoms with Gasteiger partial charge in [-0.3, -0.25) is 0 Å². The molecular formula is C14H22N2O2. The zero-order chi connectivity index (χ0) is 13.5. The van der Waals surface area contributed by atoms with Gasteiger partial charge >= 0.3 is 6.03 Å². The second-order valence-corrected chi connectivity index (χ2v) is 4.56. The Kier molecular flexibility index (Phi) is 5.65. The summed E-state index contributed by atoms with van der Waals surface area (Å²) < 4.78 is 0. The predicted octanol–water partition coefficient (Wildman–Crippen LogP) is 1.48. The number of aliphatic hydroxyl groups excluding tert-OH is 1. The second kappa shape index (κ2) is 7.01. The van der Waals surface area contributed by atoms with E-state index in [4.69, 9.17) is 5.11 Å². The van der Waals surface area contributed by atoms with Gasteiger partial charge in [0.2, 0.25) is 0 Å². The molecule has 0 aromatic heterocycles. The number of likely N-dealkylation sites (N-methyl/N-ethyl adjacent to an activating group) is 1. The lowest BCUT2D eigenvalue weighted by molar-refractivity contribution is 0.190. The van der Waals surface area contributed by atoms with Crippen molar-refractivity contribution in [1.82, 2.24) is 10.2 Å². The number of hydrogen-bond donors (Lipinski definition) is 2. The van der Waals surface area contributed by atoms with Gasteiger partial charge in [-0.05, 0) is 31.4 Å². The summed E-state index contributed by atoms with van der Waals surface area (Å²) in [6, 6.07) is 6.19. The van der Waals surface area contributed by atoms with Crippen molar-refractivity contribution in [3.8, 4) is 0 Å². The predicted molar refractivity (Wildman–Crippen MR) is 72.7 cm³/mol. The lowest BCUT2D eigenvalue weighted by Crippen LogP contribution is -2.39. The molecule has 0 saturated heterocycles. The fourth-order valence-electron chi connectivity index (χ4n) is 1.82. The fourth-order valence-corrected chi connectivity index (χ4v) is 1.82. The molecular weight excluding hydrogens is 228 g/mol. The quantitative estimate of drug-likeness (QED) is 0.831. The highest BCUT2D eigenvalue weighted by atomic mass is 16.3. The number of nitrogens with zero attached hydrogens (tertiary/aromatic N) is 1. The molecule has 2 N–H and O–H groups in total. The Hall–Kier alpha value is -1.55. The zero-order valence-corrected chi connectivity index (χ0v) is 11.4. The van der Waals surface area contributed by atoms with E-state index in [1.165, 1.54) is 21.6 Å². The lowest BCUT2D eigenvalue weighted by atomic mass is 10.0. The van der Waals surface area contributed by atoms with Crippen molar-refractivity contribution in [3.05, 3.63) is 34.9 Å². The molecule has 0 unspecified atom stereocenters. The van der Waals surface area contributed by atoms with E-state index in [1.807, 2.05) is 0 Å². The molecule has 100 valence electrons. The van der Waals surface area contributed by atoms with Crippen molar-refractivity contribution in [2.45, 2.75) is 20.3 Å². The molecule has 1 aromatic rings. The van der Waals surface area contributed by atoms with Gasteiger partial charge in [0.25, 0.3) is 0 Å². The van der Waals surface area contributed by atoms with Gasteiger partial charge in [-0.1, -0.05) is 23.8 Å². The maximum absolute atomic E-state index is 11.6. The third-order valence-corrected chi connectivity index (χ3v) is 2.95. The number of benzene rings is 1. The molecule has 1 aromatic carbocycles. The summed E-state index contributed by atoms with van der Waals surface area (Å²) in [5, 5.41) is 11.6. The van der Waals surface area contributed by atoms with Crippen LogP contribution in [0.1, 0.15) is 16.7 Å². The lowest BCUT2D eigenvalue weighted by Gasteiger charge is -2.16. The number of carbonyl (C=O) groups is 1. The molecule has 0 saturated carbocycles. The Balaban J connectivity index is 2.39. The summed E-state index contributed by atoms with van der Waals surface area (Å²) in [5.41, 5.74) is 3.77. The molecule has 1 rings (SSSR count). The normalized spacial score (nSPS) is 10.2. The van der Waals surface area contributed by atoms with Crippen molar-refractivity contribution >= 4 is 6.03 Å². The van der Waals surface area contributed by atoms with E-state index in [0.29, 0.717) is 13.1 Å². The average Bonchev–Trinajstić information content (AvgIpc) is 2.32. The molecule has 0 aliphatic rings. The highest BCUT2D eigenvalue weighted by Gasteiger charge is 2.06. The van der Waals surface area contributed by atoms with Gasteiger partial charge in [-0.2, -0.15) is 0 Å². The summed E-state index contributed by atoms with van der Waals surface area (Å²) in [4.78, 5) is 13.0. The zero-order valence-electron chi connectivity index (χ0n) is 11.4. The Bertz CT molecular complexity index is 405. The molecule has 0 spiro atoms. The monoisotopic (exact) mass is 250 g/mol. The van der Waals surface area contributed by atoms with E-state index in [0.717, 1.165) is 6.42 Å². The van der Waals surface area contributed by atoms with Crippen LogP contribution in [0.3, 0.4) is 0 Å². The van der Waals surface area contributed by atoms with Crippen LogP contribution in [0.15, 0.2) is 18.2 Å². The van der Waals surface area contributed by atoms with Crippen molar-refractivity contribution in [3.63, 3.8) is 0 Å². The van der Waals surface area contributed by atoms with Crippen LogP contribution >= 0.6 is 0 Å². The Labute approximate surface area is 109 Å². The van der Waals surface area contributed by atoms with Crippen LogP contribution in [0.5, 0.6) is 0 Å². The Morgan fingerprint density at radius 2 is 2.11 bits per heavy atom. The fraction of sp³-hybridized carbons (Fsp3) is 0.500. The van der Waals surface area contributed by atoms with Crippen LogP contribution in [0.4, 0.5) is 4.79 Å². The molecule has 2 amide bonds. The molecule has 0 heterocycles. The number of aliphatic hydroxyl groups is 1. The van der Waals surface area contributed by atoms with Gasteiger partial charge in [0, 0.05) is 20.1 Å². The minimum atomic E-state index is -0.145. The molecule has 0 atom stereocenters. The van der Waals surface area contributed by atoms with Crippen molar-refractivity contribution in [2.75, 3.05) is 26.7 Å². The first-order valence-electron chi connectivity index (χ1n) is 6.20. The number of carbonyl (C=O) groups excluding carboxylic acids is 1. The van der Waals surface area contributed by atoms with Gasteiger partial charge < -0.3 is 15.3 Å². The Morgan fingerprint density at radius 1 is 1.39 bits per heavy atom. The van der Waals surface area contributed by atoms with Crippen LogP contribution < -0.4 is 5.32 Å². The summed E-state index contributed by atoms with van der Waals surface area (Å²) in [6.45, 7) is 5.11. The largest absolute Gasteiger partial charge is 0.395 e. The average molecular weight is 250 g/mol. The first kappa shape index (κ1) is 14.5. The molecule has 4 nitrogen and oxygen atoms in total. The number of urea groups is 1. The van der Waals surface area contributed by atoms with E-state index in [9.17, 15) is 4.79 Å². The first-order chi connectivity index (χ1) is 8.54. The van der Waals surface area contributed by atoms with Gasteiger partial charge in [0.15, 0.2) is 0 Å². The highest BCUT2D eigenvalue weighted by Crippen LogP contribution is 2.10. The van der Waals surface area contributed by atoms with Crippen LogP contribution in [0.25, 0.3) is 0 Å². The third kappa shape index (κ3) is 4.37. The SMILES string of the molecule is Cc1ccc(CCNC(=O)N(C)CCO)c(C)c1. The third-order valence-electron chi connectivity index (χ3n) is 2.95. The first-order valence-corrected chi connectivity index (χ1v) is 6.20. The maximum atomic E-state index is 11.6.